The van der Waals surface area contributed by atoms with Gasteiger partial charge in [0.2, 0.25) is 5.91 Å². The summed E-state index contributed by atoms with van der Waals surface area (Å²) >= 11 is 0. The van der Waals surface area contributed by atoms with Crippen molar-refractivity contribution in [2.75, 3.05) is 18.1 Å². The van der Waals surface area contributed by atoms with Gasteiger partial charge in [-0.05, 0) is 49.4 Å². The SMILES string of the molecule is CC(CO)(NC(=O)CN(Cc1cccnc1)c1ccccc1)C1CC1. The summed E-state index contributed by atoms with van der Waals surface area (Å²) in [6, 6.07) is 13.8. The van der Waals surface area contributed by atoms with Gasteiger partial charge in [0.25, 0.3) is 0 Å². The quantitative estimate of drug-likeness (QED) is 0.775. The van der Waals surface area contributed by atoms with Crippen LogP contribution in [0.1, 0.15) is 25.3 Å². The number of nitrogens with one attached hydrogen (secondary N) is 1. The van der Waals surface area contributed by atoms with E-state index in [0.29, 0.717) is 12.5 Å². The molecule has 25 heavy (non-hydrogen) atoms. The largest absolute Gasteiger partial charge is 0.394 e. The van der Waals surface area contributed by atoms with E-state index in [2.05, 4.69) is 10.3 Å². The average Bonchev–Trinajstić information content (AvgIpc) is 3.48. The minimum atomic E-state index is -0.520. The van der Waals surface area contributed by atoms with Crippen molar-refractivity contribution in [3.05, 3.63) is 60.4 Å². The predicted molar refractivity (Wildman–Crippen MR) is 98.1 cm³/mol. The number of aromatic nitrogens is 1. The fourth-order valence-electron chi connectivity index (χ4n) is 3.11. The Morgan fingerprint density at radius 3 is 2.64 bits per heavy atom. The third kappa shape index (κ3) is 4.57. The number of amides is 1. The first kappa shape index (κ1) is 17.4. The number of nitrogens with zero attached hydrogens (tertiary/aromatic N) is 2. The number of hydrogen-bond acceptors (Lipinski definition) is 4. The van der Waals surface area contributed by atoms with Crippen molar-refractivity contribution < 1.29 is 9.90 Å². The van der Waals surface area contributed by atoms with Gasteiger partial charge in [0.15, 0.2) is 0 Å². The van der Waals surface area contributed by atoms with E-state index in [0.717, 1.165) is 24.1 Å². The van der Waals surface area contributed by atoms with Gasteiger partial charge in [-0.3, -0.25) is 9.78 Å². The molecule has 1 fully saturated rings. The summed E-state index contributed by atoms with van der Waals surface area (Å²) in [7, 11) is 0. The van der Waals surface area contributed by atoms with Crippen LogP contribution in [0.3, 0.4) is 0 Å². The molecule has 1 aromatic heterocycles. The standard InChI is InChI=1S/C20H25N3O2/c1-20(15-24,17-9-10-17)22-19(25)14-23(18-7-3-2-4-8-18)13-16-6-5-11-21-12-16/h2-8,11-12,17,24H,9-10,13-15H2,1H3,(H,22,25). The van der Waals surface area contributed by atoms with Crippen LogP contribution in [0, 0.1) is 5.92 Å². The number of benzene rings is 1. The van der Waals surface area contributed by atoms with E-state index in [1.54, 1.807) is 6.20 Å². The van der Waals surface area contributed by atoms with Crippen LogP contribution in [0.5, 0.6) is 0 Å². The smallest absolute Gasteiger partial charge is 0.240 e. The molecule has 1 heterocycles. The monoisotopic (exact) mass is 339 g/mol. The van der Waals surface area contributed by atoms with E-state index < -0.39 is 5.54 Å². The van der Waals surface area contributed by atoms with Crippen LogP contribution in [0.2, 0.25) is 0 Å². The number of rotatable bonds is 8. The van der Waals surface area contributed by atoms with Crippen LogP contribution in [-0.2, 0) is 11.3 Å². The van der Waals surface area contributed by atoms with Gasteiger partial charge >= 0.3 is 0 Å². The highest BCUT2D eigenvalue weighted by molar-refractivity contribution is 5.82. The van der Waals surface area contributed by atoms with E-state index in [-0.39, 0.29) is 19.1 Å². The highest BCUT2D eigenvalue weighted by Gasteiger charge is 2.42. The van der Waals surface area contributed by atoms with Gasteiger partial charge in [-0.2, -0.15) is 0 Å². The van der Waals surface area contributed by atoms with Crippen molar-refractivity contribution in [1.29, 1.82) is 0 Å². The first-order valence-electron chi connectivity index (χ1n) is 8.71. The summed E-state index contributed by atoms with van der Waals surface area (Å²) in [5.41, 5.74) is 1.51. The van der Waals surface area contributed by atoms with Crippen LogP contribution in [0.25, 0.3) is 0 Å². The van der Waals surface area contributed by atoms with Gasteiger partial charge in [-0.1, -0.05) is 24.3 Å². The van der Waals surface area contributed by atoms with Crippen molar-refractivity contribution >= 4 is 11.6 Å². The average molecular weight is 339 g/mol. The molecule has 1 aliphatic carbocycles. The fourth-order valence-corrected chi connectivity index (χ4v) is 3.11. The number of pyridine rings is 1. The van der Waals surface area contributed by atoms with Crippen LogP contribution >= 0.6 is 0 Å². The molecule has 1 aromatic carbocycles. The molecular weight excluding hydrogens is 314 g/mol. The van der Waals surface area contributed by atoms with Gasteiger partial charge < -0.3 is 15.3 Å². The highest BCUT2D eigenvalue weighted by atomic mass is 16.3. The molecule has 1 aliphatic rings. The molecule has 2 N–H and O–H groups in total. The van der Waals surface area contributed by atoms with E-state index in [9.17, 15) is 9.90 Å². The third-order valence-electron chi connectivity index (χ3n) is 4.78. The number of hydrogen-bond donors (Lipinski definition) is 2. The normalized spacial score (nSPS) is 16.1. The molecule has 1 atom stereocenters. The number of anilines is 1. The van der Waals surface area contributed by atoms with Gasteiger partial charge in [-0.25, -0.2) is 0 Å². The van der Waals surface area contributed by atoms with Crippen LogP contribution in [0.4, 0.5) is 5.69 Å². The summed E-state index contributed by atoms with van der Waals surface area (Å²) in [4.78, 5) is 18.8. The molecule has 132 valence electrons. The first-order chi connectivity index (χ1) is 12.1. The Hall–Kier alpha value is -2.40. The molecule has 5 heteroatoms. The summed E-state index contributed by atoms with van der Waals surface area (Å²) in [5, 5.41) is 12.7. The molecule has 0 radical (unpaired) electrons. The molecule has 0 bridgehead atoms. The van der Waals surface area contributed by atoms with E-state index in [4.69, 9.17) is 0 Å². The van der Waals surface area contributed by atoms with Gasteiger partial charge in [0.05, 0.1) is 18.7 Å². The maximum Gasteiger partial charge on any atom is 0.240 e. The van der Waals surface area contributed by atoms with Gasteiger partial charge in [0.1, 0.15) is 0 Å². The Morgan fingerprint density at radius 1 is 1.28 bits per heavy atom. The Labute approximate surface area is 148 Å². The highest BCUT2D eigenvalue weighted by Crippen LogP contribution is 2.39. The molecule has 0 spiro atoms. The molecule has 1 unspecified atom stereocenters. The number of aliphatic hydroxyl groups excluding tert-OH is 1. The van der Waals surface area contributed by atoms with Crippen molar-refractivity contribution in [3.8, 4) is 0 Å². The van der Waals surface area contributed by atoms with E-state index >= 15 is 0 Å². The molecule has 0 aliphatic heterocycles. The molecule has 5 nitrogen and oxygen atoms in total. The lowest BCUT2D eigenvalue weighted by Gasteiger charge is -2.31. The lowest BCUT2D eigenvalue weighted by atomic mass is 9.97. The maximum atomic E-state index is 12.6. The lowest BCUT2D eigenvalue weighted by molar-refractivity contribution is -0.122. The minimum Gasteiger partial charge on any atom is -0.394 e. The number of carbonyl (C=O) groups is 1. The third-order valence-corrected chi connectivity index (χ3v) is 4.78. The number of aliphatic hydroxyl groups is 1. The summed E-state index contributed by atoms with van der Waals surface area (Å²) in [6.45, 7) is 2.74. The van der Waals surface area contributed by atoms with Gasteiger partial charge in [0, 0.05) is 24.6 Å². The maximum absolute atomic E-state index is 12.6. The van der Waals surface area contributed by atoms with Crippen molar-refractivity contribution in [2.24, 2.45) is 5.92 Å². The van der Waals surface area contributed by atoms with Crippen molar-refractivity contribution in [3.63, 3.8) is 0 Å². The zero-order valence-electron chi connectivity index (χ0n) is 14.6. The molecule has 1 amide bonds. The van der Waals surface area contributed by atoms with E-state index in [1.807, 2.05) is 60.5 Å². The molecular formula is C20H25N3O2. The first-order valence-corrected chi connectivity index (χ1v) is 8.71. The summed E-state index contributed by atoms with van der Waals surface area (Å²) in [6.07, 6.45) is 5.69. The Morgan fingerprint density at radius 2 is 2.04 bits per heavy atom. The number of carbonyl (C=O) groups excluding carboxylic acids is 1. The van der Waals surface area contributed by atoms with Crippen molar-refractivity contribution in [1.82, 2.24) is 10.3 Å². The molecule has 3 rings (SSSR count). The molecule has 0 saturated heterocycles. The van der Waals surface area contributed by atoms with Crippen molar-refractivity contribution in [2.45, 2.75) is 31.8 Å². The second-order valence-corrected chi connectivity index (χ2v) is 6.95. The van der Waals surface area contributed by atoms with E-state index in [1.165, 1.54) is 0 Å². The predicted octanol–water partition coefficient (Wildman–Crippen LogP) is 2.37. The second kappa shape index (κ2) is 7.66. The van der Waals surface area contributed by atoms with Crippen LogP contribution in [0.15, 0.2) is 54.9 Å². The molecule has 2 aromatic rings. The topological polar surface area (TPSA) is 65.5 Å². The number of para-hydroxylation sites is 1. The Balaban J connectivity index is 1.72. The zero-order chi connectivity index (χ0) is 17.7. The second-order valence-electron chi connectivity index (χ2n) is 6.95. The zero-order valence-corrected chi connectivity index (χ0v) is 14.6. The summed E-state index contributed by atoms with van der Waals surface area (Å²) in [5.74, 6) is 0.307. The fraction of sp³-hybridized carbons (Fsp3) is 0.400. The van der Waals surface area contributed by atoms with Gasteiger partial charge in [-0.15, -0.1) is 0 Å². The summed E-state index contributed by atoms with van der Waals surface area (Å²) < 4.78 is 0. The van der Waals surface area contributed by atoms with Crippen LogP contribution < -0.4 is 10.2 Å². The lowest BCUT2D eigenvalue weighted by Crippen LogP contribution is -2.53. The Kier molecular flexibility index (Phi) is 5.34. The van der Waals surface area contributed by atoms with Crippen LogP contribution in [-0.4, -0.2) is 34.7 Å². The Bertz CT molecular complexity index is 689. The minimum absolute atomic E-state index is 0.0304. The molecule has 1 saturated carbocycles.